The number of fused-ring (bicyclic) bond motifs is 1. The highest BCUT2D eigenvalue weighted by Gasteiger charge is 2.35. The molecular formula is C30H31N3O3. The van der Waals surface area contributed by atoms with Crippen LogP contribution in [0.4, 0.5) is 0 Å². The van der Waals surface area contributed by atoms with Crippen LogP contribution in [-0.4, -0.2) is 51.8 Å². The Bertz CT molecular complexity index is 1350. The summed E-state index contributed by atoms with van der Waals surface area (Å²) < 4.78 is 5.93. The Hall–Kier alpha value is -4.06. The summed E-state index contributed by atoms with van der Waals surface area (Å²) >= 11 is 0. The smallest absolute Gasteiger partial charge is 0.270 e. The molecule has 36 heavy (non-hydrogen) atoms. The molecule has 1 N–H and O–H groups in total. The fraction of sp³-hybridized carbons (Fsp3) is 0.267. The zero-order valence-electron chi connectivity index (χ0n) is 20.7. The van der Waals surface area contributed by atoms with Gasteiger partial charge in [-0.25, -0.2) is 0 Å². The minimum absolute atomic E-state index is 0.0266. The Kier molecular flexibility index (Phi) is 6.76. The van der Waals surface area contributed by atoms with E-state index in [1.807, 2.05) is 91.5 Å². The first-order valence-corrected chi connectivity index (χ1v) is 12.4. The Labute approximate surface area is 211 Å². The molecule has 6 heteroatoms. The quantitative estimate of drug-likeness (QED) is 0.402. The topological polar surface area (TPSA) is 65.6 Å². The summed E-state index contributed by atoms with van der Waals surface area (Å²) in [6, 6.07) is 27.6. The van der Waals surface area contributed by atoms with Gasteiger partial charge in [0.1, 0.15) is 18.0 Å². The molecule has 0 unspecified atom stereocenters. The van der Waals surface area contributed by atoms with E-state index in [-0.39, 0.29) is 30.5 Å². The van der Waals surface area contributed by atoms with Crippen molar-refractivity contribution >= 4 is 22.7 Å². The van der Waals surface area contributed by atoms with Gasteiger partial charge in [0.15, 0.2) is 0 Å². The number of carbonyl (C=O) groups excluding carboxylic acids is 2. The van der Waals surface area contributed by atoms with E-state index in [1.54, 1.807) is 4.90 Å². The van der Waals surface area contributed by atoms with Gasteiger partial charge >= 0.3 is 0 Å². The van der Waals surface area contributed by atoms with Gasteiger partial charge in [0.25, 0.3) is 5.91 Å². The van der Waals surface area contributed by atoms with E-state index >= 15 is 0 Å². The molecule has 0 bridgehead atoms. The molecule has 1 aliphatic rings. The van der Waals surface area contributed by atoms with Crippen molar-refractivity contribution in [3.05, 3.63) is 102 Å². The van der Waals surface area contributed by atoms with Gasteiger partial charge in [-0.05, 0) is 49.6 Å². The summed E-state index contributed by atoms with van der Waals surface area (Å²) in [5.41, 5.74) is 3.53. The molecule has 1 aromatic heterocycles. The molecule has 5 rings (SSSR count). The van der Waals surface area contributed by atoms with Crippen molar-refractivity contribution in [1.29, 1.82) is 0 Å². The van der Waals surface area contributed by atoms with Crippen LogP contribution in [0, 0.1) is 0 Å². The molecule has 184 valence electrons. The molecule has 0 spiro atoms. The van der Waals surface area contributed by atoms with Crippen molar-refractivity contribution in [2.45, 2.75) is 39.0 Å². The van der Waals surface area contributed by atoms with Crippen LogP contribution in [0.5, 0.6) is 5.75 Å². The number of H-pyrrole nitrogens is 1. The maximum Gasteiger partial charge on any atom is 0.270 e. The standard InChI is InChI=1S/C30H31N3O3/c1-21(2)36-28-15-9-14-26-25(28)17-27(31-26)30(35)32-19-24(16-22-10-5-3-6-11-22)33(29(34)20-32)18-23-12-7-4-8-13-23/h3-15,17,21,24,31H,16,18-20H2,1-2H3/t24-/m0/s1. The van der Waals surface area contributed by atoms with Crippen molar-refractivity contribution in [2.75, 3.05) is 13.1 Å². The molecule has 6 nitrogen and oxygen atoms in total. The van der Waals surface area contributed by atoms with Crippen LogP contribution in [0.3, 0.4) is 0 Å². The van der Waals surface area contributed by atoms with Crippen LogP contribution in [0.25, 0.3) is 10.9 Å². The lowest BCUT2D eigenvalue weighted by Gasteiger charge is -2.41. The number of nitrogens with zero attached hydrogens (tertiary/aromatic N) is 2. The Morgan fingerprint density at radius 2 is 1.67 bits per heavy atom. The average molecular weight is 482 g/mol. The van der Waals surface area contributed by atoms with Crippen molar-refractivity contribution < 1.29 is 14.3 Å². The van der Waals surface area contributed by atoms with E-state index < -0.39 is 0 Å². The highest BCUT2D eigenvalue weighted by Crippen LogP contribution is 2.28. The lowest BCUT2D eigenvalue weighted by molar-refractivity contribution is -0.139. The normalized spacial score (nSPS) is 16.1. The monoisotopic (exact) mass is 481 g/mol. The number of carbonyl (C=O) groups is 2. The van der Waals surface area contributed by atoms with Crippen LogP contribution < -0.4 is 4.74 Å². The number of aromatic amines is 1. The third-order valence-corrected chi connectivity index (χ3v) is 6.53. The molecule has 1 saturated heterocycles. The van der Waals surface area contributed by atoms with E-state index in [9.17, 15) is 9.59 Å². The minimum atomic E-state index is -0.174. The van der Waals surface area contributed by atoms with Gasteiger partial charge < -0.3 is 19.5 Å². The molecular weight excluding hydrogens is 450 g/mol. The molecule has 2 amide bonds. The summed E-state index contributed by atoms with van der Waals surface area (Å²) in [5, 5.41) is 0.865. The molecule has 4 aromatic rings. The number of piperazine rings is 1. The Morgan fingerprint density at radius 1 is 0.972 bits per heavy atom. The van der Waals surface area contributed by atoms with E-state index in [4.69, 9.17) is 4.74 Å². The zero-order valence-corrected chi connectivity index (χ0v) is 20.7. The Morgan fingerprint density at radius 3 is 2.36 bits per heavy atom. The van der Waals surface area contributed by atoms with Crippen LogP contribution in [0.2, 0.25) is 0 Å². The van der Waals surface area contributed by atoms with Crippen molar-refractivity contribution in [3.63, 3.8) is 0 Å². The average Bonchev–Trinajstić information content (AvgIpc) is 3.32. The fourth-order valence-electron chi connectivity index (χ4n) is 4.86. The van der Waals surface area contributed by atoms with Crippen LogP contribution in [-0.2, 0) is 17.8 Å². The number of hydrogen-bond acceptors (Lipinski definition) is 3. The number of hydrogen-bond donors (Lipinski definition) is 1. The second kappa shape index (κ2) is 10.3. The first kappa shape index (κ1) is 23.7. The lowest BCUT2D eigenvalue weighted by atomic mass is 10.0. The summed E-state index contributed by atoms with van der Waals surface area (Å²) in [5.74, 6) is 0.523. The highest BCUT2D eigenvalue weighted by atomic mass is 16.5. The lowest BCUT2D eigenvalue weighted by Crippen LogP contribution is -2.58. The SMILES string of the molecule is CC(C)Oc1cccc2[nH]c(C(=O)N3CC(=O)N(Cc4ccccc4)[C@@H](Cc4ccccc4)C3)cc12. The maximum absolute atomic E-state index is 13.6. The molecule has 0 radical (unpaired) electrons. The number of aromatic nitrogens is 1. The van der Waals surface area contributed by atoms with Crippen molar-refractivity contribution in [1.82, 2.24) is 14.8 Å². The van der Waals surface area contributed by atoms with Gasteiger partial charge in [-0.1, -0.05) is 66.7 Å². The number of ether oxygens (including phenoxy) is 1. The summed E-state index contributed by atoms with van der Waals surface area (Å²) in [6.07, 6.45) is 0.709. The fourth-order valence-corrected chi connectivity index (χ4v) is 4.86. The molecule has 1 aliphatic heterocycles. The zero-order chi connectivity index (χ0) is 25.1. The highest BCUT2D eigenvalue weighted by molar-refractivity contribution is 6.01. The predicted octanol–water partition coefficient (Wildman–Crippen LogP) is 5.05. The summed E-state index contributed by atoms with van der Waals surface area (Å²) in [4.78, 5) is 33.8. The second-order valence-corrected chi connectivity index (χ2v) is 9.60. The van der Waals surface area contributed by atoms with Gasteiger partial charge in [-0.3, -0.25) is 9.59 Å². The number of nitrogens with one attached hydrogen (secondary N) is 1. The van der Waals surface area contributed by atoms with Crippen LogP contribution in [0.15, 0.2) is 84.9 Å². The molecule has 3 aromatic carbocycles. The molecule has 0 aliphatic carbocycles. The molecule has 1 atom stereocenters. The van der Waals surface area contributed by atoms with E-state index in [2.05, 4.69) is 17.1 Å². The first-order valence-electron chi connectivity index (χ1n) is 12.4. The van der Waals surface area contributed by atoms with Crippen LogP contribution in [0.1, 0.15) is 35.5 Å². The van der Waals surface area contributed by atoms with E-state index in [0.717, 1.165) is 27.8 Å². The Balaban J connectivity index is 1.41. The molecule has 2 heterocycles. The third-order valence-electron chi connectivity index (χ3n) is 6.53. The van der Waals surface area contributed by atoms with Crippen molar-refractivity contribution in [3.8, 4) is 5.75 Å². The van der Waals surface area contributed by atoms with Gasteiger partial charge in [-0.2, -0.15) is 0 Å². The van der Waals surface area contributed by atoms with Gasteiger partial charge in [-0.15, -0.1) is 0 Å². The summed E-state index contributed by atoms with van der Waals surface area (Å²) in [6.45, 7) is 5.01. The van der Waals surface area contributed by atoms with Gasteiger partial charge in [0.05, 0.1) is 12.1 Å². The first-order chi connectivity index (χ1) is 17.5. The van der Waals surface area contributed by atoms with Crippen LogP contribution >= 0.6 is 0 Å². The number of amides is 2. The van der Waals surface area contributed by atoms with Gasteiger partial charge in [0, 0.05) is 24.0 Å². The minimum Gasteiger partial charge on any atom is -0.490 e. The van der Waals surface area contributed by atoms with E-state index in [0.29, 0.717) is 25.2 Å². The predicted molar refractivity (Wildman–Crippen MR) is 141 cm³/mol. The number of rotatable bonds is 7. The van der Waals surface area contributed by atoms with Crippen molar-refractivity contribution in [2.24, 2.45) is 0 Å². The second-order valence-electron chi connectivity index (χ2n) is 9.60. The largest absolute Gasteiger partial charge is 0.490 e. The van der Waals surface area contributed by atoms with E-state index in [1.165, 1.54) is 0 Å². The third kappa shape index (κ3) is 5.13. The molecule has 1 fully saturated rings. The maximum atomic E-state index is 13.6. The summed E-state index contributed by atoms with van der Waals surface area (Å²) in [7, 11) is 0. The van der Waals surface area contributed by atoms with Gasteiger partial charge in [0.2, 0.25) is 5.91 Å². The number of benzene rings is 3. The molecule has 0 saturated carbocycles.